The number of amides is 1. The molecule has 0 fully saturated rings. The van der Waals surface area contributed by atoms with Crippen molar-refractivity contribution in [1.29, 1.82) is 0 Å². The molecule has 2 heterocycles. The standard InChI is InChI=1S/C22H20N6O3/c1-30-18-8-3-15(11-19(18)31-2)22(29)27-17-6-4-16(5-7-17)26-20-12-21(25-13-24-20)28-10-9-23-14-28/h3-14H,1-2H3,(H,27,29)(H,24,25,26). The molecule has 2 aromatic carbocycles. The minimum absolute atomic E-state index is 0.248. The average molecular weight is 416 g/mol. The minimum atomic E-state index is -0.248. The van der Waals surface area contributed by atoms with Gasteiger partial charge in [-0.15, -0.1) is 0 Å². The molecule has 0 radical (unpaired) electrons. The van der Waals surface area contributed by atoms with E-state index >= 15 is 0 Å². The number of hydrogen-bond acceptors (Lipinski definition) is 7. The Labute approximate surface area is 178 Å². The van der Waals surface area contributed by atoms with Gasteiger partial charge in [-0.2, -0.15) is 0 Å². The van der Waals surface area contributed by atoms with Crippen LogP contribution in [0.25, 0.3) is 5.82 Å². The maximum atomic E-state index is 12.6. The van der Waals surface area contributed by atoms with Crippen LogP contribution in [0.3, 0.4) is 0 Å². The Bertz CT molecular complexity index is 1180. The normalized spacial score (nSPS) is 10.4. The molecule has 156 valence electrons. The lowest BCUT2D eigenvalue weighted by Crippen LogP contribution is -2.12. The highest BCUT2D eigenvalue weighted by Gasteiger charge is 2.11. The van der Waals surface area contributed by atoms with Crippen molar-refractivity contribution in [2.75, 3.05) is 24.9 Å². The molecule has 31 heavy (non-hydrogen) atoms. The number of imidazole rings is 1. The van der Waals surface area contributed by atoms with Crippen LogP contribution < -0.4 is 20.1 Å². The van der Waals surface area contributed by atoms with Gasteiger partial charge >= 0.3 is 0 Å². The molecule has 0 aliphatic heterocycles. The van der Waals surface area contributed by atoms with Gasteiger partial charge in [0.05, 0.1) is 14.2 Å². The molecular formula is C22H20N6O3. The predicted octanol–water partition coefficient (Wildman–Crippen LogP) is 3.68. The molecule has 4 rings (SSSR count). The number of rotatable bonds is 7. The Kier molecular flexibility index (Phi) is 5.75. The number of carbonyl (C=O) groups excluding carboxylic acids is 1. The van der Waals surface area contributed by atoms with Crippen LogP contribution in [-0.2, 0) is 0 Å². The first kappa shape index (κ1) is 19.9. The fourth-order valence-corrected chi connectivity index (χ4v) is 2.92. The van der Waals surface area contributed by atoms with Gasteiger partial charge in [0, 0.05) is 35.4 Å². The fourth-order valence-electron chi connectivity index (χ4n) is 2.92. The van der Waals surface area contributed by atoms with Gasteiger partial charge in [0.15, 0.2) is 11.5 Å². The molecule has 0 atom stereocenters. The maximum Gasteiger partial charge on any atom is 0.255 e. The smallest absolute Gasteiger partial charge is 0.255 e. The molecule has 0 spiro atoms. The summed E-state index contributed by atoms with van der Waals surface area (Å²) in [6.07, 6.45) is 6.64. The van der Waals surface area contributed by atoms with Crippen LogP contribution in [0.1, 0.15) is 10.4 Å². The van der Waals surface area contributed by atoms with Crippen molar-refractivity contribution in [2.24, 2.45) is 0 Å². The lowest BCUT2D eigenvalue weighted by atomic mass is 10.1. The van der Waals surface area contributed by atoms with Gasteiger partial charge in [-0.3, -0.25) is 9.36 Å². The second-order valence-corrected chi connectivity index (χ2v) is 6.46. The zero-order chi connectivity index (χ0) is 21.6. The Morgan fingerprint density at radius 3 is 2.42 bits per heavy atom. The summed E-state index contributed by atoms with van der Waals surface area (Å²) in [7, 11) is 3.08. The summed E-state index contributed by atoms with van der Waals surface area (Å²) >= 11 is 0. The fraction of sp³-hybridized carbons (Fsp3) is 0.0909. The Hall–Kier alpha value is -4.40. The summed E-state index contributed by atoms with van der Waals surface area (Å²) in [5, 5.41) is 6.08. The predicted molar refractivity (Wildman–Crippen MR) is 116 cm³/mol. The van der Waals surface area contributed by atoms with E-state index in [1.807, 2.05) is 24.4 Å². The second-order valence-electron chi connectivity index (χ2n) is 6.46. The highest BCUT2D eigenvalue weighted by Crippen LogP contribution is 2.28. The monoisotopic (exact) mass is 416 g/mol. The quantitative estimate of drug-likeness (QED) is 0.474. The first-order valence-electron chi connectivity index (χ1n) is 9.37. The van der Waals surface area contributed by atoms with E-state index in [2.05, 4.69) is 25.6 Å². The Morgan fingerprint density at radius 2 is 1.71 bits per heavy atom. The van der Waals surface area contributed by atoms with Gasteiger partial charge in [-0.1, -0.05) is 0 Å². The molecule has 2 N–H and O–H groups in total. The Balaban J connectivity index is 1.43. The molecule has 1 amide bonds. The van der Waals surface area contributed by atoms with Crippen molar-refractivity contribution < 1.29 is 14.3 Å². The van der Waals surface area contributed by atoms with Gasteiger partial charge in [-0.25, -0.2) is 15.0 Å². The number of nitrogens with zero attached hydrogens (tertiary/aromatic N) is 4. The first-order valence-corrected chi connectivity index (χ1v) is 9.37. The third-order valence-electron chi connectivity index (χ3n) is 4.48. The van der Waals surface area contributed by atoms with Crippen LogP contribution in [0.4, 0.5) is 17.2 Å². The van der Waals surface area contributed by atoms with Gasteiger partial charge in [-0.05, 0) is 42.5 Å². The number of ether oxygens (including phenoxy) is 2. The number of nitrogens with one attached hydrogen (secondary N) is 2. The van der Waals surface area contributed by atoms with Crippen LogP contribution >= 0.6 is 0 Å². The van der Waals surface area contributed by atoms with E-state index in [9.17, 15) is 4.79 Å². The van der Waals surface area contributed by atoms with Crippen molar-refractivity contribution in [3.63, 3.8) is 0 Å². The molecule has 0 aliphatic rings. The van der Waals surface area contributed by atoms with Crippen LogP contribution in [-0.4, -0.2) is 39.6 Å². The van der Waals surface area contributed by atoms with Crippen molar-refractivity contribution in [3.05, 3.63) is 79.1 Å². The van der Waals surface area contributed by atoms with E-state index in [4.69, 9.17) is 9.47 Å². The van der Waals surface area contributed by atoms with Crippen LogP contribution in [0, 0.1) is 0 Å². The largest absolute Gasteiger partial charge is 0.493 e. The van der Waals surface area contributed by atoms with Crippen LogP contribution in [0.2, 0.25) is 0 Å². The van der Waals surface area contributed by atoms with E-state index in [0.29, 0.717) is 34.4 Å². The number of aromatic nitrogens is 4. The summed E-state index contributed by atoms with van der Waals surface area (Å²) in [5.74, 6) is 2.15. The average Bonchev–Trinajstić information content (AvgIpc) is 3.35. The molecule has 2 aromatic heterocycles. The summed E-state index contributed by atoms with van der Waals surface area (Å²) < 4.78 is 12.2. The Morgan fingerprint density at radius 1 is 0.935 bits per heavy atom. The van der Waals surface area contributed by atoms with E-state index in [0.717, 1.165) is 5.69 Å². The minimum Gasteiger partial charge on any atom is -0.493 e. The number of hydrogen-bond donors (Lipinski definition) is 2. The molecule has 9 heteroatoms. The van der Waals surface area contributed by atoms with Crippen molar-refractivity contribution >= 4 is 23.1 Å². The number of carbonyl (C=O) groups is 1. The second kappa shape index (κ2) is 8.95. The molecule has 0 unspecified atom stereocenters. The molecule has 0 saturated carbocycles. The van der Waals surface area contributed by atoms with Crippen LogP contribution in [0.5, 0.6) is 11.5 Å². The molecule has 9 nitrogen and oxygen atoms in total. The molecule has 0 aliphatic carbocycles. The van der Waals surface area contributed by atoms with Crippen LogP contribution in [0.15, 0.2) is 73.6 Å². The summed E-state index contributed by atoms with van der Waals surface area (Å²) in [6, 6.07) is 14.1. The van der Waals surface area contributed by atoms with E-state index in [-0.39, 0.29) is 5.91 Å². The van der Waals surface area contributed by atoms with E-state index in [1.54, 1.807) is 54.5 Å². The third kappa shape index (κ3) is 4.61. The lowest BCUT2D eigenvalue weighted by Gasteiger charge is -2.11. The number of benzene rings is 2. The van der Waals surface area contributed by atoms with Gasteiger partial charge in [0.2, 0.25) is 0 Å². The van der Waals surface area contributed by atoms with Crippen molar-refractivity contribution in [1.82, 2.24) is 19.5 Å². The van der Waals surface area contributed by atoms with Crippen molar-refractivity contribution in [2.45, 2.75) is 0 Å². The highest BCUT2D eigenvalue weighted by molar-refractivity contribution is 6.04. The molecule has 4 aromatic rings. The zero-order valence-electron chi connectivity index (χ0n) is 16.9. The third-order valence-corrected chi connectivity index (χ3v) is 4.48. The summed E-state index contributed by atoms with van der Waals surface area (Å²) in [6.45, 7) is 0. The van der Waals surface area contributed by atoms with Gasteiger partial charge in [0.25, 0.3) is 5.91 Å². The van der Waals surface area contributed by atoms with Gasteiger partial charge < -0.3 is 20.1 Å². The summed E-state index contributed by atoms with van der Waals surface area (Å²) in [4.78, 5) is 25.0. The van der Waals surface area contributed by atoms with E-state index < -0.39 is 0 Å². The molecule has 0 saturated heterocycles. The summed E-state index contributed by atoms with van der Waals surface area (Å²) in [5.41, 5.74) is 1.94. The first-order chi connectivity index (χ1) is 15.2. The lowest BCUT2D eigenvalue weighted by molar-refractivity contribution is 0.102. The molecule has 0 bridgehead atoms. The number of methoxy groups -OCH3 is 2. The maximum absolute atomic E-state index is 12.6. The topological polar surface area (TPSA) is 103 Å². The molecular weight excluding hydrogens is 396 g/mol. The van der Waals surface area contributed by atoms with Gasteiger partial charge in [0.1, 0.15) is 24.3 Å². The highest BCUT2D eigenvalue weighted by atomic mass is 16.5. The van der Waals surface area contributed by atoms with Crippen molar-refractivity contribution in [3.8, 4) is 17.3 Å². The SMILES string of the molecule is COc1ccc(C(=O)Nc2ccc(Nc3cc(-n4ccnc4)ncn3)cc2)cc1OC. The zero-order valence-corrected chi connectivity index (χ0v) is 16.9. The number of anilines is 3. The van der Waals surface area contributed by atoms with E-state index in [1.165, 1.54) is 13.4 Å².